The molecule has 0 spiro atoms. The summed E-state index contributed by atoms with van der Waals surface area (Å²) < 4.78 is 19.0. The molecule has 2 aromatic rings. The summed E-state index contributed by atoms with van der Waals surface area (Å²) in [5.41, 5.74) is 0.777. The minimum absolute atomic E-state index is 0.134. The highest BCUT2D eigenvalue weighted by Gasteiger charge is 2.27. The monoisotopic (exact) mass is 474 g/mol. The lowest BCUT2D eigenvalue weighted by Gasteiger charge is -2.31. The van der Waals surface area contributed by atoms with Gasteiger partial charge in [0.25, 0.3) is 0 Å². The molecule has 0 radical (unpaired) electrons. The molecule has 1 unspecified atom stereocenters. The van der Waals surface area contributed by atoms with Crippen LogP contribution in [0, 0.1) is 5.82 Å². The van der Waals surface area contributed by atoms with Gasteiger partial charge in [-0.1, -0.05) is 43.0 Å². The van der Waals surface area contributed by atoms with E-state index in [1.54, 1.807) is 48.2 Å². The lowest BCUT2D eigenvalue weighted by molar-refractivity contribution is -0.141. The minimum Gasteiger partial charge on any atom is -0.494 e. The highest BCUT2D eigenvalue weighted by atomic mass is 35.5. The van der Waals surface area contributed by atoms with Crippen molar-refractivity contribution in [1.29, 1.82) is 0 Å². The Morgan fingerprint density at radius 3 is 2.42 bits per heavy atom. The smallest absolute Gasteiger partial charge is 0.242 e. The predicted octanol–water partition coefficient (Wildman–Crippen LogP) is 5.50. The lowest BCUT2D eigenvalue weighted by atomic mass is 9.95. The SMILES string of the molecule is CC(C(=O)NC1CCCCC1)N(Cc1ccc(F)cc1)C(=O)CCCOc1ccc(Cl)cc1. The maximum absolute atomic E-state index is 13.3. The average molecular weight is 475 g/mol. The zero-order chi connectivity index (χ0) is 23.6. The fourth-order valence-corrected chi connectivity index (χ4v) is 4.15. The molecular formula is C26H32ClFN2O3. The normalized spacial score (nSPS) is 15.0. The van der Waals surface area contributed by atoms with Crippen LogP contribution in [0.1, 0.15) is 57.4 Å². The fraction of sp³-hybridized carbons (Fsp3) is 0.462. The first-order chi connectivity index (χ1) is 15.9. The second-order valence-electron chi connectivity index (χ2n) is 8.57. The molecule has 1 aliphatic rings. The van der Waals surface area contributed by atoms with E-state index in [9.17, 15) is 14.0 Å². The van der Waals surface area contributed by atoms with Gasteiger partial charge in [0.1, 0.15) is 17.6 Å². The first kappa shape index (κ1) is 25.0. The van der Waals surface area contributed by atoms with Gasteiger partial charge < -0.3 is 15.0 Å². The van der Waals surface area contributed by atoms with Gasteiger partial charge >= 0.3 is 0 Å². The third-order valence-electron chi connectivity index (χ3n) is 6.00. The number of ether oxygens (including phenoxy) is 1. The molecule has 1 saturated carbocycles. The third kappa shape index (κ3) is 8.04. The van der Waals surface area contributed by atoms with E-state index in [1.165, 1.54) is 18.6 Å². The average Bonchev–Trinajstić information content (AvgIpc) is 2.82. The number of halogens is 2. The minimum atomic E-state index is -0.623. The first-order valence-electron chi connectivity index (χ1n) is 11.6. The summed E-state index contributed by atoms with van der Waals surface area (Å²) in [6, 6.07) is 12.6. The first-order valence-corrected chi connectivity index (χ1v) is 12.0. The molecule has 0 heterocycles. The molecule has 7 heteroatoms. The number of rotatable bonds is 10. The van der Waals surface area contributed by atoms with E-state index in [-0.39, 0.29) is 36.6 Å². The quantitative estimate of drug-likeness (QED) is 0.462. The Hall–Kier alpha value is -2.60. The van der Waals surface area contributed by atoms with Crippen LogP contribution >= 0.6 is 11.6 Å². The number of nitrogens with one attached hydrogen (secondary N) is 1. The van der Waals surface area contributed by atoms with Gasteiger partial charge in [0.15, 0.2) is 0 Å². The topological polar surface area (TPSA) is 58.6 Å². The van der Waals surface area contributed by atoms with Crippen LogP contribution < -0.4 is 10.1 Å². The second kappa shape index (κ2) is 12.6. The van der Waals surface area contributed by atoms with E-state index in [4.69, 9.17) is 16.3 Å². The summed E-state index contributed by atoms with van der Waals surface area (Å²) in [6.07, 6.45) is 6.15. The van der Waals surface area contributed by atoms with E-state index in [0.29, 0.717) is 23.8 Å². The number of carbonyl (C=O) groups is 2. The Labute approximate surface area is 200 Å². The van der Waals surface area contributed by atoms with Crippen LogP contribution in [0.4, 0.5) is 4.39 Å². The number of amides is 2. The van der Waals surface area contributed by atoms with Crippen LogP contribution in [-0.2, 0) is 16.1 Å². The number of hydrogen-bond donors (Lipinski definition) is 1. The van der Waals surface area contributed by atoms with Crippen LogP contribution in [0.15, 0.2) is 48.5 Å². The molecular weight excluding hydrogens is 443 g/mol. The summed E-state index contributed by atoms with van der Waals surface area (Å²) in [6.45, 7) is 2.38. The van der Waals surface area contributed by atoms with Crippen molar-refractivity contribution in [3.63, 3.8) is 0 Å². The standard InChI is InChI=1S/C26H32ClFN2O3/c1-19(26(32)29-23-6-3-2-4-7-23)30(18-20-9-13-22(28)14-10-20)25(31)8-5-17-33-24-15-11-21(27)12-16-24/h9-16,19,23H,2-8,17-18H2,1H3,(H,29,32). The molecule has 1 fully saturated rings. The highest BCUT2D eigenvalue weighted by molar-refractivity contribution is 6.30. The summed E-state index contributed by atoms with van der Waals surface area (Å²) in [5, 5.41) is 3.75. The Kier molecular flexibility index (Phi) is 9.55. The van der Waals surface area contributed by atoms with Gasteiger partial charge in [-0.3, -0.25) is 9.59 Å². The van der Waals surface area contributed by atoms with Crippen LogP contribution in [0.5, 0.6) is 5.75 Å². The number of hydrogen-bond acceptors (Lipinski definition) is 3. The maximum Gasteiger partial charge on any atom is 0.242 e. The van der Waals surface area contributed by atoms with Crippen molar-refractivity contribution < 1.29 is 18.7 Å². The number of nitrogens with zero attached hydrogens (tertiary/aromatic N) is 1. The van der Waals surface area contributed by atoms with Crippen molar-refractivity contribution in [3.8, 4) is 5.75 Å². The van der Waals surface area contributed by atoms with Gasteiger partial charge in [-0.25, -0.2) is 4.39 Å². The maximum atomic E-state index is 13.3. The summed E-state index contributed by atoms with van der Waals surface area (Å²) in [5.74, 6) is 0.0782. The van der Waals surface area contributed by atoms with E-state index >= 15 is 0 Å². The largest absolute Gasteiger partial charge is 0.494 e. The van der Waals surface area contributed by atoms with Gasteiger partial charge in [-0.15, -0.1) is 0 Å². The molecule has 2 aromatic carbocycles. The molecule has 3 rings (SSSR count). The van der Waals surface area contributed by atoms with Gasteiger partial charge in [-0.05, 0) is 68.1 Å². The molecule has 1 atom stereocenters. The van der Waals surface area contributed by atoms with E-state index < -0.39 is 6.04 Å². The fourth-order valence-electron chi connectivity index (χ4n) is 4.03. The van der Waals surface area contributed by atoms with Crippen molar-refractivity contribution in [3.05, 3.63) is 64.9 Å². The van der Waals surface area contributed by atoms with Crippen LogP contribution in [0.3, 0.4) is 0 Å². The molecule has 0 aromatic heterocycles. The van der Waals surface area contributed by atoms with Gasteiger partial charge in [0.05, 0.1) is 6.61 Å². The Morgan fingerprint density at radius 2 is 1.76 bits per heavy atom. The van der Waals surface area contributed by atoms with Crippen LogP contribution in [0.25, 0.3) is 0 Å². The number of carbonyl (C=O) groups excluding carboxylic acids is 2. The molecule has 33 heavy (non-hydrogen) atoms. The van der Waals surface area contributed by atoms with Crippen molar-refractivity contribution in [2.75, 3.05) is 6.61 Å². The van der Waals surface area contributed by atoms with E-state index in [0.717, 1.165) is 31.2 Å². The molecule has 5 nitrogen and oxygen atoms in total. The molecule has 2 amide bonds. The lowest BCUT2D eigenvalue weighted by Crippen LogP contribution is -2.50. The van der Waals surface area contributed by atoms with Crippen molar-refractivity contribution in [1.82, 2.24) is 10.2 Å². The summed E-state index contributed by atoms with van der Waals surface area (Å²) in [4.78, 5) is 27.6. The molecule has 0 aliphatic heterocycles. The Bertz CT molecular complexity index is 899. The molecule has 0 bridgehead atoms. The molecule has 1 aliphatic carbocycles. The third-order valence-corrected chi connectivity index (χ3v) is 6.25. The van der Waals surface area contributed by atoms with Gasteiger partial charge in [-0.2, -0.15) is 0 Å². The Balaban J connectivity index is 1.59. The van der Waals surface area contributed by atoms with Crippen LogP contribution in [-0.4, -0.2) is 35.4 Å². The highest BCUT2D eigenvalue weighted by Crippen LogP contribution is 2.19. The number of benzene rings is 2. The summed E-state index contributed by atoms with van der Waals surface area (Å²) in [7, 11) is 0. The molecule has 178 valence electrons. The zero-order valence-corrected chi connectivity index (χ0v) is 19.8. The van der Waals surface area contributed by atoms with Crippen molar-refractivity contribution >= 4 is 23.4 Å². The van der Waals surface area contributed by atoms with Gasteiger partial charge in [0, 0.05) is 24.0 Å². The van der Waals surface area contributed by atoms with Crippen molar-refractivity contribution in [2.45, 2.75) is 70.5 Å². The predicted molar refractivity (Wildman–Crippen MR) is 128 cm³/mol. The van der Waals surface area contributed by atoms with Crippen LogP contribution in [0.2, 0.25) is 5.02 Å². The van der Waals surface area contributed by atoms with E-state index in [2.05, 4.69) is 5.32 Å². The zero-order valence-electron chi connectivity index (χ0n) is 19.1. The summed E-state index contributed by atoms with van der Waals surface area (Å²) >= 11 is 5.88. The van der Waals surface area contributed by atoms with E-state index in [1.807, 2.05) is 0 Å². The molecule has 0 saturated heterocycles. The molecule has 1 N–H and O–H groups in total. The van der Waals surface area contributed by atoms with Crippen molar-refractivity contribution in [2.24, 2.45) is 0 Å². The van der Waals surface area contributed by atoms with Gasteiger partial charge in [0.2, 0.25) is 11.8 Å². The second-order valence-corrected chi connectivity index (χ2v) is 9.01. The Morgan fingerprint density at radius 1 is 1.09 bits per heavy atom.